The molecule has 0 aliphatic heterocycles. The summed E-state index contributed by atoms with van der Waals surface area (Å²) in [5, 5.41) is 30.0. The molecule has 0 rings (SSSR count). The first-order valence-corrected chi connectivity index (χ1v) is 8.11. The van der Waals surface area contributed by atoms with Crippen LogP contribution in [0, 0.1) is 5.41 Å². The molecule has 0 aliphatic carbocycles. The van der Waals surface area contributed by atoms with Crippen molar-refractivity contribution in [2.75, 3.05) is 13.5 Å². The maximum Gasteiger partial charge on any atom is 1.00 e. The first kappa shape index (κ1) is 19.7. The summed E-state index contributed by atoms with van der Waals surface area (Å²) >= 11 is 0. The van der Waals surface area contributed by atoms with Gasteiger partial charge in [-0.1, -0.05) is 39.0 Å². The molecular formula is C16H30N3NaO4. The Bertz CT molecular complexity index is 465. The molecule has 134 valence electrons. The molecule has 0 spiro atoms. The molecular weight excluding hydrogens is 321 g/mol. The topological polar surface area (TPSA) is 117 Å². The molecule has 0 bridgehead atoms. The Kier molecular flexibility index (Phi) is 13.0. The summed E-state index contributed by atoms with van der Waals surface area (Å²) in [7, 11) is 0. The molecule has 0 fully saturated rings. The zero-order valence-corrected chi connectivity index (χ0v) is 16.8. The van der Waals surface area contributed by atoms with E-state index in [1.165, 1.54) is 0 Å². The molecule has 0 aliphatic rings. The number of hydrogen-bond donors (Lipinski definition) is 3. The fourth-order valence-corrected chi connectivity index (χ4v) is 2.07. The maximum absolute atomic E-state index is 11.8. The zero-order chi connectivity index (χ0) is 20.2. The van der Waals surface area contributed by atoms with E-state index in [1.807, 2.05) is 0 Å². The number of aliphatic hydroxyl groups is 1. The predicted molar refractivity (Wildman–Crippen MR) is 86.7 cm³/mol. The molecule has 0 radical (unpaired) electrons. The number of carbonyl (C=O) groups excluding carboxylic acids is 2. The molecule has 1 unspecified atom stereocenters. The zero-order valence-electron chi connectivity index (χ0n) is 17.8. The number of aliphatic carboxylic acids is 1. The van der Waals surface area contributed by atoms with Gasteiger partial charge in [0.1, 0.15) is 0 Å². The standard InChI is InChI=1S/C16H31N3O4.Na/c1-3-4-9-13(20)10-7-5-6-8-11-14(21)18-16(17)19(2)12-15(22)23;/h13,20H,3-12H2,1-2H3,(H,22,23)(H2,17,18,21);/q;+1/p-1/i2D3;. The van der Waals surface area contributed by atoms with Crippen molar-refractivity contribution in [3.05, 3.63) is 0 Å². The first-order chi connectivity index (χ1) is 12.1. The maximum atomic E-state index is 11.8. The van der Waals surface area contributed by atoms with Gasteiger partial charge in [-0.05, 0) is 19.3 Å². The van der Waals surface area contributed by atoms with Gasteiger partial charge in [-0.25, -0.2) is 0 Å². The van der Waals surface area contributed by atoms with Crippen molar-refractivity contribution in [3.8, 4) is 0 Å². The number of guanidine groups is 1. The van der Waals surface area contributed by atoms with Crippen LogP contribution in [0.2, 0.25) is 0 Å². The fraction of sp³-hybridized carbons (Fsp3) is 0.812. The molecule has 7 nitrogen and oxygen atoms in total. The number of carboxylic acid groups (broad SMARTS) is 1. The van der Waals surface area contributed by atoms with Crippen LogP contribution >= 0.6 is 0 Å². The van der Waals surface area contributed by atoms with Crippen molar-refractivity contribution in [3.63, 3.8) is 0 Å². The van der Waals surface area contributed by atoms with E-state index in [0.29, 0.717) is 6.42 Å². The van der Waals surface area contributed by atoms with Gasteiger partial charge in [-0.2, -0.15) is 0 Å². The monoisotopic (exact) mass is 354 g/mol. The molecule has 24 heavy (non-hydrogen) atoms. The van der Waals surface area contributed by atoms with E-state index in [0.717, 1.165) is 44.9 Å². The SMILES string of the molecule is [2H]C([2H])([2H])N(CC(=O)[O-])C(=N)NC(=O)CCCCCCC(O)CCCC.[Na+]. The van der Waals surface area contributed by atoms with Crippen LogP contribution in [0.25, 0.3) is 0 Å². The summed E-state index contributed by atoms with van der Waals surface area (Å²) in [4.78, 5) is 22.6. The van der Waals surface area contributed by atoms with Gasteiger partial charge in [0.2, 0.25) is 5.91 Å². The average molecular weight is 354 g/mol. The van der Waals surface area contributed by atoms with Gasteiger partial charge in [0.25, 0.3) is 0 Å². The Hall–Kier alpha value is -0.630. The Labute approximate surface area is 171 Å². The minimum absolute atomic E-state index is 0. The van der Waals surface area contributed by atoms with Crippen LogP contribution in [0.1, 0.15) is 68.8 Å². The van der Waals surface area contributed by atoms with Gasteiger partial charge in [0.05, 0.1) is 18.6 Å². The van der Waals surface area contributed by atoms with Crippen LogP contribution < -0.4 is 40.0 Å². The molecule has 1 amide bonds. The molecule has 0 aromatic carbocycles. The van der Waals surface area contributed by atoms with Gasteiger partial charge >= 0.3 is 29.6 Å². The van der Waals surface area contributed by atoms with Gasteiger partial charge in [0.15, 0.2) is 5.96 Å². The number of unbranched alkanes of at least 4 members (excludes halogenated alkanes) is 4. The Morgan fingerprint density at radius 1 is 1.25 bits per heavy atom. The van der Waals surface area contributed by atoms with Crippen molar-refractivity contribution >= 4 is 17.8 Å². The van der Waals surface area contributed by atoms with Crippen molar-refractivity contribution < 1.29 is 53.5 Å². The molecule has 0 saturated carbocycles. The molecule has 0 aromatic rings. The number of amides is 1. The second-order valence-electron chi connectivity index (χ2n) is 5.60. The van der Waals surface area contributed by atoms with Crippen molar-refractivity contribution in [1.29, 1.82) is 5.41 Å². The third-order valence-electron chi connectivity index (χ3n) is 3.40. The summed E-state index contributed by atoms with van der Waals surface area (Å²) < 4.78 is 21.6. The summed E-state index contributed by atoms with van der Waals surface area (Å²) in [5.41, 5.74) is 0. The summed E-state index contributed by atoms with van der Waals surface area (Å²) in [5.74, 6) is -2.97. The Morgan fingerprint density at radius 3 is 2.46 bits per heavy atom. The van der Waals surface area contributed by atoms with E-state index >= 15 is 0 Å². The van der Waals surface area contributed by atoms with E-state index in [1.54, 1.807) is 0 Å². The van der Waals surface area contributed by atoms with E-state index in [2.05, 4.69) is 12.2 Å². The number of aliphatic hydroxyl groups excluding tert-OH is 1. The quantitative estimate of drug-likeness (QED) is 0.157. The normalized spacial score (nSPS) is 13.7. The van der Waals surface area contributed by atoms with Gasteiger partial charge in [-0.3, -0.25) is 15.5 Å². The summed E-state index contributed by atoms with van der Waals surface area (Å²) in [6.45, 7) is -1.79. The van der Waals surface area contributed by atoms with Crippen molar-refractivity contribution in [1.82, 2.24) is 10.2 Å². The number of nitrogens with one attached hydrogen (secondary N) is 2. The van der Waals surface area contributed by atoms with Crippen LogP contribution in [0.4, 0.5) is 0 Å². The number of carboxylic acids is 1. The average Bonchev–Trinajstić information content (AvgIpc) is 2.52. The van der Waals surface area contributed by atoms with Crippen LogP contribution in [-0.4, -0.2) is 47.5 Å². The number of nitrogens with zero attached hydrogens (tertiary/aromatic N) is 1. The molecule has 8 heteroatoms. The smallest absolute Gasteiger partial charge is 0.548 e. The van der Waals surface area contributed by atoms with Crippen LogP contribution in [0.3, 0.4) is 0 Å². The van der Waals surface area contributed by atoms with Gasteiger partial charge in [0, 0.05) is 17.5 Å². The third-order valence-corrected chi connectivity index (χ3v) is 3.40. The van der Waals surface area contributed by atoms with Gasteiger partial charge < -0.3 is 19.9 Å². The number of likely N-dealkylation sites (N-methyl/N-ethyl adjacent to an activating group) is 1. The van der Waals surface area contributed by atoms with Gasteiger partial charge in [-0.15, -0.1) is 0 Å². The molecule has 3 N–H and O–H groups in total. The minimum atomic E-state index is -2.86. The minimum Gasteiger partial charge on any atom is -0.548 e. The Balaban J connectivity index is 0. The summed E-state index contributed by atoms with van der Waals surface area (Å²) in [6, 6.07) is 0. The predicted octanol–water partition coefficient (Wildman–Crippen LogP) is -2.39. The first-order valence-electron chi connectivity index (χ1n) is 9.61. The largest absolute Gasteiger partial charge is 1.00 e. The van der Waals surface area contributed by atoms with E-state index in [9.17, 15) is 19.8 Å². The third kappa shape index (κ3) is 14.9. The second-order valence-corrected chi connectivity index (χ2v) is 5.60. The van der Waals surface area contributed by atoms with Crippen LogP contribution in [0.5, 0.6) is 0 Å². The summed E-state index contributed by atoms with van der Waals surface area (Å²) in [6.07, 6.45) is 6.57. The van der Waals surface area contributed by atoms with Crippen LogP contribution in [-0.2, 0) is 9.59 Å². The second kappa shape index (κ2) is 15.9. The van der Waals surface area contributed by atoms with Crippen molar-refractivity contribution in [2.45, 2.75) is 70.8 Å². The Morgan fingerprint density at radius 2 is 1.88 bits per heavy atom. The molecule has 0 heterocycles. The molecule has 0 aromatic heterocycles. The molecule has 0 saturated heterocycles. The van der Waals surface area contributed by atoms with E-state index in [4.69, 9.17) is 9.52 Å². The van der Waals surface area contributed by atoms with E-state index in [-0.39, 0.29) is 47.0 Å². The fourth-order valence-electron chi connectivity index (χ4n) is 2.07. The van der Waals surface area contributed by atoms with Crippen LogP contribution in [0.15, 0.2) is 0 Å². The number of rotatable bonds is 12. The van der Waals surface area contributed by atoms with E-state index < -0.39 is 31.4 Å². The van der Waals surface area contributed by atoms with Crippen molar-refractivity contribution in [2.24, 2.45) is 0 Å². The molecule has 1 atom stereocenters. The number of hydrogen-bond acceptors (Lipinski definition) is 5. The number of carbonyl (C=O) groups is 2.